The average Bonchev–Trinajstić information content (AvgIpc) is 3.68. The Morgan fingerprint density at radius 2 is 1.68 bits per heavy atom. The monoisotopic (exact) mass is 535 g/mol. The molecule has 37 heavy (non-hydrogen) atoms. The van der Waals surface area contributed by atoms with Crippen LogP contribution in [0.3, 0.4) is 0 Å². The third kappa shape index (κ3) is 5.60. The van der Waals surface area contributed by atoms with E-state index in [0.717, 1.165) is 29.8 Å². The Kier molecular flexibility index (Phi) is 7.40. The van der Waals surface area contributed by atoms with E-state index >= 15 is 0 Å². The lowest BCUT2D eigenvalue weighted by molar-refractivity contribution is 0.0734. The van der Waals surface area contributed by atoms with Gasteiger partial charge in [0.05, 0.1) is 41.2 Å². The highest BCUT2D eigenvalue weighted by molar-refractivity contribution is 6.33. The number of nitrogens with zero attached hydrogens (tertiary/aromatic N) is 3. The minimum absolute atomic E-state index is 0.112. The molecule has 0 atom stereocenters. The Morgan fingerprint density at radius 3 is 2.35 bits per heavy atom. The first-order valence-corrected chi connectivity index (χ1v) is 12.9. The number of amides is 1. The second-order valence-corrected chi connectivity index (χ2v) is 9.96. The number of aryl methyl sites for hydroxylation is 1. The van der Waals surface area contributed by atoms with Gasteiger partial charge in [0.25, 0.3) is 5.91 Å². The summed E-state index contributed by atoms with van der Waals surface area (Å²) in [4.78, 5) is 15.5. The van der Waals surface area contributed by atoms with E-state index in [4.69, 9.17) is 37.8 Å². The molecular formula is C29H27Cl2N3O3. The summed E-state index contributed by atoms with van der Waals surface area (Å²) in [6.45, 7) is 2.89. The Morgan fingerprint density at radius 1 is 1.00 bits per heavy atom. The third-order valence-electron chi connectivity index (χ3n) is 6.40. The van der Waals surface area contributed by atoms with Gasteiger partial charge >= 0.3 is 0 Å². The number of rotatable bonds is 9. The molecule has 1 heterocycles. The second-order valence-electron chi connectivity index (χ2n) is 9.12. The standard InChI is InChI=1S/C29H27Cl2N3O3/c1-19-24(18-33(17-20-11-12-20)28(35)23-7-3-4-8-25(23)31)29(37-27-10-6-5-9-26(27)36-2)34(32-19)22-15-13-21(30)14-16-22/h3-10,13-16,20H,11-12,17-18H2,1-2H3. The molecule has 4 aromatic rings. The van der Waals surface area contributed by atoms with Crippen molar-refractivity contribution in [2.24, 2.45) is 5.92 Å². The van der Waals surface area contributed by atoms with Crippen LogP contribution in [0.1, 0.15) is 34.5 Å². The molecule has 0 saturated heterocycles. The van der Waals surface area contributed by atoms with Gasteiger partial charge in [-0.25, -0.2) is 4.68 Å². The molecule has 190 valence electrons. The van der Waals surface area contributed by atoms with Gasteiger partial charge in [-0.15, -0.1) is 0 Å². The molecule has 0 unspecified atom stereocenters. The smallest absolute Gasteiger partial charge is 0.255 e. The van der Waals surface area contributed by atoms with E-state index in [1.54, 1.807) is 36.1 Å². The zero-order valence-corrected chi connectivity index (χ0v) is 22.2. The maximum absolute atomic E-state index is 13.7. The largest absolute Gasteiger partial charge is 0.493 e. The molecule has 5 rings (SSSR count). The highest BCUT2D eigenvalue weighted by Crippen LogP contribution is 2.37. The summed E-state index contributed by atoms with van der Waals surface area (Å²) in [6, 6.07) is 22.0. The van der Waals surface area contributed by atoms with Crippen LogP contribution >= 0.6 is 23.2 Å². The molecule has 1 aromatic heterocycles. The van der Waals surface area contributed by atoms with Gasteiger partial charge in [-0.1, -0.05) is 47.5 Å². The van der Waals surface area contributed by atoms with Crippen molar-refractivity contribution in [2.75, 3.05) is 13.7 Å². The van der Waals surface area contributed by atoms with E-state index in [0.29, 0.717) is 52.0 Å². The van der Waals surface area contributed by atoms with Crippen molar-refractivity contribution in [1.29, 1.82) is 0 Å². The fourth-order valence-corrected chi connectivity index (χ4v) is 4.56. The Balaban J connectivity index is 1.58. The molecule has 1 fully saturated rings. The van der Waals surface area contributed by atoms with Crippen LogP contribution in [0.25, 0.3) is 5.69 Å². The second kappa shape index (κ2) is 10.9. The summed E-state index contributed by atoms with van der Waals surface area (Å²) < 4.78 is 13.7. The van der Waals surface area contributed by atoms with Gasteiger partial charge in [-0.3, -0.25) is 4.79 Å². The number of carbonyl (C=O) groups is 1. The minimum Gasteiger partial charge on any atom is -0.493 e. The fourth-order valence-electron chi connectivity index (χ4n) is 4.22. The van der Waals surface area contributed by atoms with Crippen LogP contribution in [0.15, 0.2) is 72.8 Å². The van der Waals surface area contributed by atoms with E-state index in [2.05, 4.69) is 0 Å². The molecule has 0 radical (unpaired) electrons. The highest BCUT2D eigenvalue weighted by atomic mass is 35.5. The quantitative estimate of drug-likeness (QED) is 0.225. The first-order chi connectivity index (χ1) is 17.9. The number of carbonyl (C=O) groups excluding carboxylic acids is 1. The highest BCUT2D eigenvalue weighted by Gasteiger charge is 2.31. The number of methoxy groups -OCH3 is 1. The van der Waals surface area contributed by atoms with E-state index in [-0.39, 0.29) is 5.91 Å². The summed E-state index contributed by atoms with van der Waals surface area (Å²) in [5.74, 6) is 2.03. The first-order valence-electron chi connectivity index (χ1n) is 12.1. The Labute approximate surface area is 226 Å². The number of benzene rings is 3. The van der Waals surface area contributed by atoms with Gasteiger partial charge in [-0.05, 0) is 74.2 Å². The van der Waals surface area contributed by atoms with E-state index < -0.39 is 0 Å². The number of aromatic nitrogens is 2. The molecule has 0 bridgehead atoms. The molecule has 0 spiro atoms. The van der Waals surface area contributed by atoms with Gasteiger partial charge in [0, 0.05) is 11.6 Å². The summed E-state index contributed by atoms with van der Waals surface area (Å²) in [5, 5.41) is 5.87. The molecule has 3 aromatic carbocycles. The lowest BCUT2D eigenvalue weighted by Gasteiger charge is -2.24. The molecule has 0 aliphatic heterocycles. The van der Waals surface area contributed by atoms with Crippen LogP contribution in [0, 0.1) is 12.8 Å². The van der Waals surface area contributed by atoms with Crippen LogP contribution in [0.4, 0.5) is 0 Å². The van der Waals surface area contributed by atoms with Crippen molar-refractivity contribution in [2.45, 2.75) is 26.3 Å². The minimum atomic E-state index is -0.112. The molecule has 1 aliphatic carbocycles. The van der Waals surface area contributed by atoms with E-state index in [1.807, 2.05) is 60.4 Å². The van der Waals surface area contributed by atoms with Crippen molar-refractivity contribution in [3.05, 3.63) is 99.7 Å². The summed E-state index contributed by atoms with van der Waals surface area (Å²) in [5.41, 5.74) is 2.84. The topological polar surface area (TPSA) is 56.6 Å². The van der Waals surface area contributed by atoms with Crippen molar-refractivity contribution >= 4 is 29.1 Å². The van der Waals surface area contributed by atoms with Crippen LogP contribution in [0.5, 0.6) is 17.4 Å². The molecule has 6 nitrogen and oxygen atoms in total. The fraction of sp³-hybridized carbons (Fsp3) is 0.241. The van der Waals surface area contributed by atoms with Crippen LogP contribution in [-0.2, 0) is 6.54 Å². The third-order valence-corrected chi connectivity index (χ3v) is 6.98. The molecule has 0 N–H and O–H groups in total. The molecular weight excluding hydrogens is 509 g/mol. The zero-order chi connectivity index (χ0) is 25.9. The molecule has 1 amide bonds. The zero-order valence-electron chi connectivity index (χ0n) is 20.7. The normalized spacial score (nSPS) is 12.9. The van der Waals surface area contributed by atoms with Crippen molar-refractivity contribution in [3.63, 3.8) is 0 Å². The number of hydrogen-bond acceptors (Lipinski definition) is 4. The Bertz CT molecular complexity index is 1410. The molecule has 8 heteroatoms. The van der Waals surface area contributed by atoms with E-state index in [1.165, 1.54) is 0 Å². The van der Waals surface area contributed by atoms with Crippen LogP contribution in [0.2, 0.25) is 10.0 Å². The predicted molar refractivity (Wildman–Crippen MR) is 145 cm³/mol. The summed E-state index contributed by atoms with van der Waals surface area (Å²) >= 11 is 12.5. The first kappa shape index (κ1) is 25.2. The summed E-state index contributed by atoms with van der Waals surface area (Å²) in [6.07, 6.45) is 2.22. The predicted octanol–water partition coefficient (Wildman–Crippen LogP) is 7.34. The summed E-state index contributed by atoms with van der Waals surface area (Å²) in [7, 11) is 1.60. The van der Waals surface area contributed by atoms with E-state index in [9.17, 15) is 4.79 Å². The number of hydrogen-bond donors (Lipinski definition) is 0. The number of halogens is 2. The lowest BCUT2D eigenvalue weighted by atomic mass is 10.1. The van der Waals surface area contributed by atoms with Crippen molar-refractivity contribution in [1.82, 2.24) is 14.7 Å². The lowest BCUT2D eigenvalue weighted by Crippen LogP contribution is -2.33. The molecule has 1 aliphatic rings. The maximum Gasteiger partial charge on any atom is 0.255 e. The van der Waals surface area contributed by atoms with Crippen LogP contribution in [-0.4, -0.2) is 34.2 Å². The number of para-hydroxylation sites is 2. The average molecular weight is 536 g/mol. The molecule has 1 saturated carbocycles. The maximum atomic E-state index is 13.7. The van der Waals surface area contributed by atoms with Gasteiger partial charge in [0.15, 0.2) is 11.5 Å². The number of ether oxygens (including phenoxy) is 2. The van der Waals surface area contributed by atoms with Gasteiger partial charge in [0.1, 0.15) is 0 Å². The van der Waals surface area contributed by atoms with Gasteiger partial charge in [-0.2, -0.15) is 5.10 Å². The van der Waals surface area contributed by atoms with Crippen molar-refractivity contribution in [3.8, 4) is 23.1 Å². The van der Waals surface area contributed by atoms with Gasteiger partial charge in [0.2, 0.25) is 5.88 Å². The van der Waals surface area contributed by atoms with Crippen molar-refractivity contribution < 1.29 is 14.3 Å². The van der Waals surface area contributed by atoms with Gasteiger partial charge < -0.3 is 14.4 Å². The Hall–Kier alpha value is -3.48. The van der Waals surface area contributed by atoms with Crippen LogP contribution < -0.4 is 9.47 Å². The SMILES string of the molecule is COc1ccccc1Oc1c(CN(CC2CC2)C(=O)c2ccccc2Cl)c(C)nn1-c1ccc(Cl)cc1.